The van der Waals surface area contributed by atoms with Gasteiger partial charge in [-0.1, -0.05) is 39.2 Å². The van der Waals surface area contributed by atoms with Gasteiger partial charge in [-0.25, -0.2) is 0 Å². The Morgan fingerprint density at radius 2 is 1.95 bits per heavy atom. The summed E-state index contributed by atoms with van der Waals surface area (Å²) in [4.78, 5) is 0. The highest BCUT2D eigenvalue weighted by Gasteiger charge is 2.34. The van der Waals surface area contributed by atoms with Gasteiger partial charge >= 0.3 is 6.18 Å². The fourth-order valence-electron chi connectivity index (χ4n) is 2.07. The fraction of sp³-hybridized carbons (Fsp3) is 0.533. The molecular weight excluding hydrogens is 251 g/mol. The Morgan fingerprint density at radius 3 is 2.47 bits per heavy atom. The second-order valence-electron chi connectivity index (χ2n) is 4.81. The number of alkyl halides is 3. The van der Waals surface area contributed by atoms with Crippen LogP contribution in [0.2, 0.25) is 0 Å². The van der Waals surface area contributed by atoms with Crippen LogP contribution in [0.5, 0.6) is 0 Å². The van der Waals surface area contributed by atoms with Crippen LogP contribution in [0.25, 0.3) is 0 Å². The van der Waals surface area contributed by atoms with Crippen molar-refractivity contribution in [2.45, 2.75) is 51.6 Å². The highest BCUT2D eigenvalue weighted by atomic mass is 19.4. The molecule has 0 heterocycles. The van der Waals surface area contributed by atoms with Crippen LogP contribution < -0.4 is 0 Å². The standard InChI is InChI=1S/C15H18F3N/c1-3-4-5-6-11(2)12-7-8-13(10-19)14(9-12)15(16,17)18/h7-9,11H,3-6H2,1-2H3. The molecule has 0 aliphatic heterocycles. The minimum Gasteiger partial charge on any atom is -0.192 e. The lowest BCUT2D eigenvalue weighted by molar-refractivity contribution is -0.137. The number of rotatable bonds is 5. The summed E-state index contributed by atoms with van der Waals surface area (Å²) in [5.74, 6) is 0.0837. The first-order valence-electron chi connectivity index (χ1n) is 6.51. The van der Waals surface area contributed by atoms with Crippen LogP contribution in [0.3, 0.4) is 0 Å². The highest BCUT2D eigenvalue weighted by Crippen LogP contribution is 2.34. The van der Waals surface area contributed by atoms with E-state index in [0.717, 1.165) is 31.7 Å². The predicted molar refractivity (Wildman–Crippen MR) is 68.7 cm³/mol. The van der Waals surface area contributed by atoms with E-state index in [1.807, 2.05) is 6.92 Å². The van der Waals surface area contributed by atoms with Crippen LogP contribution in [-0.4, -0.2) is 0 Å². The maximum atomic E-state index is 12.8. The Morgan fingerprint density at radius 1 is 1.26 bits per heavy atom. The molecule has 1 atom stereocenters. The van der Waals surface area contributed by atoms with Crippen molar-refractivity contribution in [2.75, 3.05) is 0 Å². The molecule has 0 bridgehead atoms. The molecule has 0 saturated heterocycles. The van der Waals surface area contributed by atoms with Crippen LogP contribution in [0.4, 0.5) is 13.2 Å². The smallest absolute Gasteiger partial charge is 0.192 e. The largest absolute Gasteiger partial charge is 0.417 e. The van der Waals surface area contributed by atoms with Gasteiger partial charge in [0.15, 0.2) is 0 Å². The number of hydrogen-bond donors (Lipinski definition) is 0. The average molecular weight is 269 g/mol. The number of unbranched alkanes of at least 4 members (excludes halogenated alkanes) is 2. The minimum atomic E-state index is -4.47. The van der Waals surface area contributed by atoms with Gasteiger partial charge in [0, 0.05) is 0 Å². The second-order valence-corrected chi connectivity index (χ2v) is 4.81. The normalized spacial score (nSPS) is 13.1. The van der Waals surface area contributed by atoms with Crippen molar-refractivity contribution >= 4 is 0 Å². The quantitative estimate of drug-likeness (QED) is 0.669. The molecular formula is C15H18F3N. The van der Waals surface area contributed by atoms with Crippen molar-refractivity contribution in [1.29, 1.82) is 5.26 Å². The van der Waals surface area contributed by atoms with Crippen molar-refractivity contribution in [3.63, 3.8) is 0 Å². The molecule has 0 radical (unpaired) electrons. The van der Waals surface area contributed by atoms with Gasteiger partial charge in [0.05, 0.1) is 17.2 Å². The lowest BCUT2D eigenvalue weighted by atomic mass is 9.92. The lowest BCUT2D eigenvalue weighted by Crippen LogP contribution is -2.09. The van der Waals surface area contributed by atoms with Gasteiger partial charge in [0.25, 0.3) is 0 Å². The molecule has 0 N–H and O–H groups in total. The summed E-state index contributed by atoms with van der Waals surface area (Å²) < 4.78 is 38.5. The van der Waals surface area contributed by atoms with Crippen molar-refractivity contribution in [3.8, 4) is 6.07 Å². The zero-order valence-electron chi connectivity index (χ0n) is 11.2. The lowest BCUT2D eigenvalue weighted by Gasteiger charge is -2.15. The Hall–Kier alpha value is -1.50. The predicted octanol–water partition coefficient (Wildman–Crippen LogP) is 5.26. The summed E-state index contributed by atoms with van der Waals surface area (Å²) in [5.41, 5.74) is -0.478. The van der Waals surface area contributed by atoms with Crippen molar-refractivity contribution in [3.05, 3.63) is 34.9 Å². The summed E-state index contributed by atoms with van der Waals surface area (Å²) in [7, 11) is 0. The van der Waals surface area contributed by atoms with Gasteiger partial charge in [-0.2, -0.15) is 18.4 Å². The molecule has 0 spiro atoms. The van der Waals surface area contributed by atoms with Crippen LogP contribution in [0.15, 0.2) is 18.2 Å². The second kappa shape index (κ2) is 6.60. The summed E-state index contributed by atoms with van der Waals surface area (Å²) in [6.45, 7) is 4.02. The van der Waals surface area contributed by atoms with E-state index >= 15 is 0 Å². The van der Waals surface area contributed by atoms with Crippen molar-refractivity contribution in [1.82, 2.24) is 0 Å². The molecule has 1 aromatic carbocycles. The third-order valence-electron chi connectivity index (χ3n) is 3.28. The van der Waals surface area contributed by atoms with E-state index in [4.69, 9.17) is 5.26 Å². The molecule has 4 heteroatoms. The third kappa shape index (κ3) is 4.27. The van der Waals surface area contributed by atoms with Crippen LogP contribution in [0, 0.1) is 11.3 Å². The number of benzene rings is 1. The minimum absolute atomic E-state index is 0.0837. The van der Waals surface area contributed by atoms with E-state index in [-0.39, 0.29) is 11.5 Å². The van der Waals surface area contributed by atoms with Crippen LogP contribution >= 0.6 is 0 Å². The van der Waals surface area contributed by atoms with E-state index in [0.29, 0.717) is 5.56 Å². The topological polar surface area (TPSA) is 23.8 Å². The first kappa shape index (κ1) is 15.6. The SMILES string of the molecule is CCCCCC(C)c1ccc(C#N)c(C(F)(F)F)c1. The number of hydrogen-bond acceptors (Lipinski definition) is 1. The number of nitrogens with zero attached hydrogens (tertiary/aromatic N) is 1. The van der Waals surface area contributed by atoms with Crippen LogP contribution in [0.1, 0.15) is 62.1 Å². The van der Waals surface area contributed by atoms with Crippen LogP contribution in [-0.2, 0) is 6.18 Å². The van der Waals surface area contributed by atoms with E-state index in [9.17, 15) is 13.2 Å². The molecule has 0 saturated carbocycles. The summed E-state index contributed by atoms with van der Waals surface area (Å²) in [5, 5.41) is 8.73. The molecule has 0 aliphatic carbocycles. The third-order valence-corrected chi connectivity index (χ3v) is 3.28. The zero-order valence-corrected chi connectivity index (χ0v) is 11.2. The van der Waals surface area contributed by atoms with E-state index < -0.39 is 11.7 Å². The van der Waals surface area contributed by atoms with Gasteiger partial charge in [0.2, 0.25) is 0 Å². The molecule has 0 aromatic heterocycles. The molecule has 0 aliphatic rings. The fourth-order valence-corrected chi connectivity index (χ4v) is 2.07. The van der Waals surface area contributed by atoms with Gasteiger partial charge in [-0.15, -0.1) is 0 Å². The summed E-state index contributed by atoms with van der Waals surface area (Å²) in [6.07, 6.45) is -0.402. The first-order chi connectivity index (χ1) is 8.90. The van der Waals surface area contributed by atoms with Gasteiger partial charge < -0.3 is 0 Å². The summed E-state index contributed by atoms with van der Waals surface area (Å²) >= 11 is 0. The van der Waals surface area contributed by atoms with Crippen molar-refractivity contribution < 1.29 is 13.2 Å². The average Bonchev–Trinajstić information content (AvgIpc) is 2.37. The molecule has 1 unspecified atom stereocenters. The Kier molecular flexibility index (Phi) is 5.41. The molecule has 104 valence electrons. The van der Waals surface area contributed by atoms with E-state index in [1.165, 1.54) is 6.07 Å². The molecule has 0 fully saturated rings. The number of halogens is 3. The first-order valence-corrected chi connectivity index (χ1v) is 6.51. The summed E-state index contributed by atoms with van der Waals surface area (Å²) in [6, 6.07) is 5.62. The number of nitriles is 1. The maximum Gasteiger partial charge on any atom is 0.417 e. The molecule has 1 aromatic rings. The van der Waals surface area contributed by atoms with E-state index in [1.54, 1.807) is 12.1 Å². The van der Waals surface area contributed by atoms with Gasteiger partial charge in [-0.05, 0) is 30.0 Å². The van der Waals surface area contributed by atoms with Crippen molar-refractivity contribution in [2.24, 2.45) is 0 Å². The maximum absolute atomic E-state index is 12.8. The monoisotopic (exact) mass is 269 g/mol. The molecule has 1 rings (SSSR count). The highest BCUT2D eigenvalue weighted by molar-refractivity contribution is 5.42. The molecule has 1 nitrogen and oxygen atoms in total. The van der Waals surface area contributed by atoms with Gasteiger partial charge in [-0.3, -0.25) is 0 Å². The Balaban J connectivity index is 2.96. The molecule has 0 amide bonds. The van der Waals surface area contributed by atoms with Gasteiger partial charge in [0.1, 0.15) is 0 Å². The zero-order chi connectivity index (χ0) is 14.5. The Bertz CT molecular complexity index is 457. The van der Waals surface area contributed by atoms with E-state index in [2.05, 4.69) is 6.92 Å². The molecule has 19 heavy (non-hydrogen) atoms. The Labute approximate surface area is 112 Å².